The van der Waals surface area contributed by atoms with E-state index in [1.54, 1.807) is 4.68 Å². The van der Waals surface area contributed by atoms with E-state index < -0.39 is 0 Å². The highest BCUT2D eigenvalue weighted by Crippen LogP contribution is 2.21. The first-order valence-electron chi connectivity index (χ1n) is 5.32. The van der Waals surface area contributed by atoms with E-state index in [1.165, 1.54) is 0 Å². The number of para-hydroxylation sites is 1. The molecule has 84 valence electrons. The number of hydrogen-bond donors (Lipinski definition) is 1. The molecule has 0 aliphatic carbocycles. The molecule has 1 N–H and O–H groups in total. The monoisotopic (exact) mass is 217 g/mol. The van der Waals surface area contributed by atoms with Crippen LogP contribution in [-0.2, 0) is 11.8 Å². The third-order valence-corrected chi connectivity index (χ3v) is 2.52. The van der Waals surface area contributed by atoms with Gasteiger partial charge in [-0.25, -0.2) is 0 Å². The Balaban J connectivity index is 2.42. The summed E-state index contributed by atoms with van der Waals surface area (Å²) in [7, 11) is 1.87. The van der Waals surface area contributed by atoms with Crippen molar-refractivity contribution < 1.29 is 4.79 Å². The summed E-state index contributed by atoms with van der Waals surface area (Å²) in [5, 5.41) is 8.10. The van der Waals surface area contributed by atoms with Crippen molar-refractivity contribution in [1.29, 1.82) is 0 Å². The number of carbonyl (C=O) groups excluding carboxylic acids is 1. The summed E-state index contributed by atoms with van der Waals surface area (Å²) in [6.45, 7) is 3.72. The standard InChI is InChI=1S/C12H15N3O/c1-8(2)12(16)13-11-9-6-4-5-7-10(9)15(3)14-11/h4-8H,1-3H3,(H,13,14,16). The Morgan fingerprint density at radius 1 is 1.38 bits per heavy atom. The van der Waals surface area contributed by atoms with Gasteiger partial charge in [-0.3, -0.25) is 9.48 Å². The summed E-state index contributed by atoms with van der Waals surface area (Å²) in [6, 6.07) is 7.83. The maximum Gasteiger partial charge on any atom is 0.228 e. The topological polar surface area (TPSA) is 46.9 Å². The molecule has 0 spiro atoms. The van der Waals surface area contributed by atoms with Crippen LogP contribution < -0.4 is 5.32 Å². The lowest BCUT2D eigenvalue weighted by Gasteiger charge is -2.04. The zero-order chi connectivity index (χ0) is 11.7. The van der Waals surface area contributed by atoms with Crippen LogP contribution in [0.4, 0.5) is 5.82 Å². The number of carbonyl (C=O) groups is 1. The average molecular weight is 217 g/mol. The first-order valence-corrected chi connectivity index (χ1v) is 5.32. The Kier molecular flexibility index (Phi) is 2.64. The van der Waals surface area contributed by atoms with Gasteiger partial charge in [0.25, 0.3) is 0 Å². The number of fused-ring (bicyclic) bond motifs is 1. The minimum atomic E-state index is -0.0410. The number of anilines is 1. The van der Waals surface area contributed by atoms with Crippen molar-refractivity contribution in [2.45, 2.75) is 13.8 Å². The van der Waals surface area contributed by atoms with E-state index in [-0.39, 0.29) is 11.8 Å². The fourth-order valence-electron chi connectivity index (χ4n) is 1.57. The van der Waals surface area contributed by atoms with Crippen molar-refractivity contribution in [2.75, 3.05) is 5.32 Å². The summed E-state index contributed by atoms with van der Waals surface area (Å²) in [4.78, 5) is 11.6. The van der Waals surface area contributed by atoms with Crippen molar-refractivity contribution in [3.8, 4) is 0 Å². The summed E-state index contributed by atoms with van der Waals surface area (Å²) >= 11 is 0. The molecular formula is C12H15N3O. The lowest BCUT2D eigenvalue weighted by Crippen LogP contribution is -2.18. The van der Waals surface area contributed by atoms with Gasteiger partial charge in [0.05, 0.1) is 5.52 Å². The summed E-state index contributed by atoms with van der Waals surface area (Å²) in [6.07, 6.45) is 0. The lowest BCUT2D eigenvalue weighted by atomic mass is 10.2. The second-order valence-electron chi connectivity index (χ2n) is 4.13. The van der Waals surface area contributed by atoms with Crippen LogP contribution in [0.25, 0.3) is 10.9 Å². The molecule has 1 amide bonds. The Bertz CT molecular complexity index is 528. The lowest BCUT2D eigenvalue weighted by molar-refractivity contribution is -0.118. The first kappa shape index (κ1) is 10.7. The van der Waals surface area contributed by atoms with Gasteiger partial charge < -0.3 is 5.32 Å². The molecule has 2 rings (SSSR count). The zero-order valence-corrected chi connectivity index (χ0v) is 9.69. The fraction of sp³-hybridized carbons (Fsp3) is 0.333. The fourth-order valence-corrected chi connectivity index (χ4v) is 1.57. The molecule has 0 unspecified atom stereocenters. The van der Waals surface area contributed by atoms with Crippen LogP contribution in [0.15, 0.2) is 24.3 Å². The van der Waals surface area contributed by atoms with Crippen LogP contribution in [0.2, 0.25) is 0 Å². The van der Waals surface area contributed by atoms with Gasteiger partial charge in [-0.2, -0.15) is 5.10 Å². The van der Waals surface area contributed by atoms with E-state index in [9.17, 15) is 4.79 Å². The van der Waals surface area contributed by atoms with Gasteiger partial charge in [-0.1, -0.05) is 26.0 Å². The molecule has 2 aromatic rings. The van der Waals surface area contributed by atoms with Crippen LogP contribution in [0.5, 0.6) is 0 Å². The quantitative estimate of drug-likeness (QED) is 0.838. The minimum Gasteiger partial charge on any atom is -0.308 e. The Morgan fingerprint density at radius 2 is 2.06 bits per heavy atom. The SMILES string of the molecule is CC(C)C(=O)Nc1nn(C)c2ccccc12. The largest absolute Gasteiger partial charge is 0.308 e. The van der Waals surface area contributed by atoms with Crippen LogP contribution in [0.3, 0.4) is 0 Å². The molecule has 1 aromatic carbocycles. The molecule has 0 bridgehead atoms. The van der Waals surface area contributed by atoms with Crippen molar-refractivity contribution in [2.24, 2.45) is 13.0 Å². The number of aromatic nitrogens is 2. The van der Waals surface area contributed by atoms with E-state index in [0.29, 0.717) is 5.82 Å². The Hall–Kier alpha value is -1.84. The maximum absolute atomic E-state index is 11.6. The van der Waals surface area contributed by atoms with Crippen molar-refractivity contribution in [1.82, 2.24) is 9.78 Å². The van der Waals surface area contributed by atoms with Crippen LogP contribution in [0, 0.1) is 5.92 Å². The third-order valence-electron chi connectivity index (χ3n) is 2.52. The van der Waals surface area contributed by atoms with Crippen LogP contribution >= 0.6 is 0 Å². The van der Waals surface area contributed by atoms with E-state index in [2.05, 4.69) is 10.4 Å². The molecule has 0 radical (unpaired) electrons. The summed E-state index contributed by atoms with van der Waals surface area (Å²) in [5.74, 6) is 0.585. The summed E-state index contributed by atoms with van der Waals surface area (Å²) < 4.78 is 1.77. The number of rotatable bonds is 2. The third kappa shape index (κ3) is 1.78. The molecular weight excluding hydrogens is 202 g/mol. The second kappa shape index (κ2) is 3.96. The predicted molar refractivity (Wildman–Crippen MR) is 64.2 cm³/mol. The highest BCUT2D eigenvalue weighted by Gasteiger charge is 2.12. The number of nitrogens with zero attached hydrogens (tertiary/aromatic N) is 2. The van der Waals surface area contributed by atoms with Gasteiger partial charge in [-0.05, 0) is 12.1 Å². The number of nitrogens with one attached hydrogen (secondary N) is 1. The van der Waals surface area contributed by atoms with Crippen molar-refractivity contribution in [3.05, 3.63) is 24.3 Å². The minimum absolute atomic E-state index is 0.0103. The summed E-state index contributed by atoms with van der Waals surface area (Å²) in [5.41, 5.74) is 1.02. The average Bonchev–Trinajstić information content (AvgIpc) is 2.57. The van der Waals surface area contributed by atoms with Gasteiger partial charge in [-0.15, -0.1) is 0 Å². The van der Waals surface area contributed by atoms with Gasteiger partial charge in [0.1, 0.15) is 0 Å². The highest BCUT2D eigenvalue weighted by molar-refractivity contribution is 6.00. The van der Waals surface area contributed by atoms with E-state index in [1.807, 2.05) is 45.2 Å². The second-order valence-corrected chi connectivity index (χ2v) is 4.13. The van der Waals surface area contributed by atoms with Gasteiger partial charge in [0.15, 0.2) is 5.82 Å². The number of hydrogen-bond acceptors (Lipinski definition) is 2. The molecule has 0 aliphatic heterocycles. The van der Waals surface area contributed by atoms with Crippen molar-refractivity contribution >= 4 is 22.6 Å². The molecule has 0 aliphatic rings. The zero-order valence-electron chi connectivity index (χ0n) is 9.69. The van der Waals surface area contributed by atoms with Crippen LogP contribution in [-0.4, -0.2) is 15.7 Å². The number of benzene rings is 1. The van der Waals surface area contributed by atoms with Gasteiger partial charge in [0, 0.05) is 18.4 Å². The molecule has 0 saturated carbocycles. The molecule has 0 fully saturated rings. The predicted octanol–water partition coefficient (Wildman–Crippen LogP) is 2.17. The van der Waals surface area contributed by atoms with Gasteiger partial charge in [0.2, 0.25) is 5.91 Å². The molecule has 4 heteroatoms. The van der Waals surface area contributed by atoms with Gasteiger partial charge >= 0.3 is 0 Å². The first-order chi connectivity index (χ1) is 7.59. The van der Waals surface area contributed by atoms with Crippen molar-refractivity contribution in [3.63, 3.8) is 0 Å². The Morgan fingerprint density at radius 3 is 2.75 bits per heavy atom. The smallest absolute Gasteiger partial charge is 0.228 e. The van der Waals surface area contributed by atoms with E-state index in [4.69, 9.17) is 0 Å². The number of aryl methyl sites for hydroxylation is 1. The molecule has 1 aromatic heterocycles. The molecule has 16 heavy (non-hydrogen) atoms. The van der Waals surface area contributed by atoms with E-state index in [0.717, 1.165) is 10.9 Å². The molecule has 1 heterocycles. The Labute approximate surface area is 94.3 Å². The molecule has 4 nitrogen and oxygen atoms in total. The number of amides is 1. The van der Waals surface area contributed by atoms with Crippen LogP contribution in [0.1, 0.15) is 13.8 Å². The van der Waals surface area contributed by atoms with E-state index >= 15 is 0 Å². The maximum atomic E-state index is 11.6. The molecule has 0 atom stereocenters. The normalized spacial score (nSPS) is 11.0. The highest BCUT2D eigenvalue weighted by atomic mass is 16.1. The molecule has 0 saturated heterocycles.